The lowest BCUT2D eigenvalue weighted by molar-refractivity contribution is -0.217. The molecule has 0 aliphatic rings. The number of carboxylic acids is 1. The van der Waals surface area contributed by atoms with E-state index < -0.39 is 18.2 Å². The molecule has 0 aliphatic carbocycles. The highest BCUT2D eigenvalue weighted by Gasteiger charge is 2.36. The fraction of sp³-hybridized carbons (Fsp3) is 0.400. The number of hydrogen-bond donors (Lipinski definition) is 1. The van der Waals surface area contributed by atoms with Gasteiger partial charge in [0, 0.05) is 6.20 Å². The molecule has 0 saturated heterocycles. The summed E-state index contributed by atoms with van der Waals surface area (Å²) < 4.78 is 41.0. The van der Waals surface area contributed by atoms with Crippen LogP contribution in [0.5, 0.6) is 0 Å². The van der Waals surface area contributed by atoms with E-state index in [2.05, 4.69) is 9.72 Å². The Labute approximate surface area is 95.0 Å². The molecule has 0 aromatic carbocycles. The summed E-state index contributed by atoms with van der Waals surface area (Å²) in [6.07, 6.45) is -5.12. The van der Waals surface area contributed by atoms with Crippen molar-refractivity contribution in [1.29, 1.82) is 0 Å². The molecule has 0 bridgehead atoms. The first-order valence-corrected chi connectivity index (χ1v) is 4.67. The lowest BCUT2D eigenvalue weighted by Crippen LogP contribution is -2.28. The van der Waals surface area contributed by atoms with E-state index in [1.54, 1.807) is 0 Å². The average molecular weight is 249 g/mol. The number of aromatic nitrogens is 1. The molecule has 1 unspecified atom stereocenters. The number of carbonyl (C=O) groups is 1. The van der Waals surface area contributed by atoms with Gasteiger partial charge in [-0.2, -0.15) is 13.2 Å². The molecule has 0 spiro atoms. The van der Waals surface area contributed by atoms with Crippen LogP contribution in [-0.4, -0.2) is 28.3 Å². The van der Waals surface area contributed by atoms with Gasteiger partial charge >= 0.3 is 12.1 Å². The van der Waals surface area contributed by atoms with E-state index in [0.29, 0.717) is 5.56 Å². The number of carboxylic acid groups (broad SMARTS) is 1. The smallest absolute Gasteiger partial charge is 0.414 e. The van der Waals surface area contributed by atoms with Crippen LogP contribution in [0.4, 0.5) is 13.2 Å². The van der Waals surface area contributed by atoms with Gasteiger partial charge in [0.2, 0.25) is 0 Å². The summed E-state index contributed by atoms with van der Waals surface area (Å²) in [5, 5.41) is 8.63. The van der Waals surface area contributed by atoms with E-state index in [9.17, 15) is 18.0 Å². The molecule has 0 fully saturated rings. The number of ether oxygens (including phenoxy) is 1. The van der Waals surface area contributed by atoms with Crippen LogP contribution in [-0.2, 0) is 11.3 Å². The first-order valence-electron chi connectivity index (χ1n) is 4.67. The zero-order chi connectivity index (χ0) is 13.1. The molecule has 94 valence electrons. The van der Waals surface area contributed by atoms with Gasteiger partial charge in [-0.3, -0.25) is 0 Å². The molecule has 1 aromatic rings. The van der Waals surface area contributed by atoms with Crippen LogP contribution in [0.1, 0.15) is 23.0 Å². The molecule has 0 saturated carbocycles. The van der Waals surface area contributed by atoms with Crippen LogP contribution in [0.15, 0.2) is 18.3 Å². The van der Waals surface area contributed by atoms with Gasteiger partial charge in [-0.15, -0.1) is 0 Å². The summed E-state index contributed by atoms with van der Waals surface area (Å²) in [6, 6.07) is 2.57. The quantitative estimate of drug-likeness (QED) is 0.889. The summed E-state index contributed by atoms with van der Waals surface area (Å²) in [4.78, 5) is 14.1. The Bertz CT molecular complexity index is 406. The van der Waals surface area contributed by atoms with Crippen molar-refractivity contribution >= 4 is 5.97 Å². The number of halogens is 3. The lowest BCUT2D eigenvalue weighted by Gasteiger charge is -2.16. The first-order chi connectivity index (χ1) is 7.80. The van der Waals surface area contributed by atoms with Gasteiger partial charge in [0.25, 0.3) is 0 Å². The van der Waals surface area contributed by atoms with Crippen LogP contribution >= 0.6 is 0 Å². The molecular formula is C10H10F3NO3. The third-order valence-electron chi connectivity index (χ3n) is 2.00. The zero-order valence-electron chi connectivity index (χ0n) is 8.86. The maximum absolute atomic E-state index is 12.1. The van der Waals surface area contributed by atoms with Crippen molar-refractivity contribution < 1.29 is 27.8 Å². The van der Waals surface area contributed by atoms with Gasteiger partial charge in [0.05, 0.1) is 6.61 Å². The van der Waals surface area contributed by atoms with E-state index in [4.69, 9.17) is 5.11 Å². The third-order valence-corrected chi connectivity index (χ3v) is 2.00. The Morgan fingerprint density at radius 1 is 1.59 bits per heavy atom. The highest BCUT2D eigenvalue weighted by Crippen LogP contribution is 2.23. The van der Waals surface area contributed by atoms with Crippen molar-refractivity contribution in [3.63, 3.8) is 0 Å². The fourth-order valence-electron chi connectivity index (χ4n) is 0.997. The number of nitrogens with zero attached hydrogens (tertiary/aromatic N) is 1. The third kappa shape index (κ3) is 4.03. The second-order valence-corrected chi connectivity index (χ2v) is 3.35. The van der Waals surface area contributed by atoms with Crippen LogP contribution in [0.3, 0.4) is 0 Å². The molecule has 1 N–H and O–H groups in total. The van der Waals surface area contributed by atoms with Crippen molar-refractivity contribution in [3.8, 4) is 0 Å². The standard InChI is InChI=1S/C10H10F3NO3/c1-6(10(11,12)13)17-5-7-2-3-14-8(4-7)9(15)16/h2-4,6H,5H2,1H3,(H,15,16). The SMILES string of the molecule is CC(OCc1ccnc(C(=O)O)c1)C(F)(F)F. The highest BCUT2D eigenvalue weighted by atomic mass is 19.4. The van der Waals surface area contributed by atoms with Crippen LogP contribution in [0.25, 0.3) is 0 Å². The number of rotatable bonds is 4. The van der Waals surface area contributed by atoms with Crippen LogP contribution in [0.2, 0.25) is 0 Å². The monoisotopic (exact) mass is 249 g/mol. The van der Waals surface area contributed by atoms with Crippen molar-refractivity contribution in [2.45, 2.75) is 25.8 Å². The Morgan fingerprint density at radius 3 is 2.76 bits per heavy atom. The maximum Gasteiger partial charge on any atom is 0.414 e. The normalized spacial score (nSPS) is 13.4. The Morgan fingerprint density at radius 2 is 2.24 bits per heavy atom. The molecule has 0 aliphatic heterocycles. The van der Waals surface area contributed by atoms with Gasteiger partial charge in [-0.25, -0.2) is 9.78 Å². The number of pyridine rings is 1. The largest absolute Gasteiger partial charge is 0.477 e. The summed E-state index contributed by atoms with van der Waals surface area (Å²) in [5.74, 6) is -1.24. The number of hydrogen-bond acceptors (Lipinski definition) is 3. The molecule has 0 radical (unpaired) electrons. The van der Waals surface area contributed by atoms with Crippen LogP contribution < -0.4 is 0 Å². The molecule has 1 atom stereocenters. The summed E-state index contributed by atoms with van der Waals surface area (Å²) in [6.45, 7) is 0.572. The molecule has 1 heterocycles. The minimum atomic E-state index is -4.43. The molecule has 7 heteroatoms. The van der Waals surface area contributed by atoms with E-state index in [1.807, 2.05) is 0 Å². The van der Waals surface area contributed by atoms with Gasteiger partial charge in [-0.05, 0) is 24.6 Å². The highest BCUT2D eigenvalue weighted by molar-refractivity contribution is 5.85. The van der Waals surface area contributed by atoms with Crippen molar-refractivity contribution in [2.75, 3.05) is 0 Å². The predicted octanol–water partition coefficient (Wildman–Crippen LogP) is 2.25. The summed E-state index contributed by atoms with van der Waals surface area (Å²) in [5.41, 5.74) is 0.0965. The average Bonchev–Trinajstić information content (AvgIpc) is 2.25. The molecule has 0 amide bonds. The summed E-state index contributed by atoms with van der Waals surface area (Å²) in [7, 11) is 0. The predicted molar refractivity (Wildman–Crippen MR) is 51.5 cm³/mol. The van der Waals surface area contributed by atoms with E-state index in [0.717, 1.165) is 6.92 Å². The van der Waals surface area contributed by atoms with Crippen molar-refractivity contribution in [3.05, 3.63) is 29.6 Å². The van der Waals surface area contributed by atoms with E-state index in [-0.39, 0.29) is 12.3 Å². The minimum Gasteiger partial charge on any atom is -0.477 e. The van der Waals surface area contributed by atoms with Crippen molar-refractivity contribution in [2.24, 2.45) is 0 Å². The number of aromatic carboxylic acids is 1. The Balaban J connectivity index is 2.64. The second kappa shape index (κ2) is 5.13. The van der Waals surface area contributed by atoms with Crippen molar-refractivity contribution in [1.82, 2.24) is 4.98 Å². The van der Waals surface area contributed by atoms with Gasteiger partial charge in [0.15, 0.2) is 6.10 Å². The van der Waals surface area contributed by atoms with Crippen LogP contribution in [0, 0.1) is 0 Å². The molecular weight excluding hydrogens is 239 g/mol. The molecule has 1 aromatic heterocycles. The van der Waals surface area contributed by atoms with E-state index in [1.165, 1.54) is 18.3 Å². The van der Waals surface area contributed by atoms with Gasteiger partial charge < -0.3 is 9.84 Å². The van der Waals surface area contributed by atoms with Gasteiger partial charge in [-0.1, -0.05) is 0 Å². The zero-order valence-corrected chi connectivity index (χ0v) is 8.86. The molecule has 17 heavy (non-hydrogen) atoms. The van der Waals surface area contributed by atoms with Gasteiger partial charge in [0.1, 0.15) is 5.69 Å². The summed E-state index contributed by atoms with van der Waals surface area (Å²) >= 11 is 0. The molecule has 4 nitrogen and oxygen atoms in total. The molecule has 1 rings (SSSR count). The Hall–Kier alpha value is -1.63. The topological polar surface area (TPSA) is 59.4 Å². The number of alkyl halides is 3. The fourth-order valence-corrected chi connectivity index (χ4v) is 0.997. The maximum atomic E-state index is 12.1. The first kappa shape index (κ1) is 13.4. The van der Waals surface area contributed by atoms with E-state index >= 15 is 0 Å². The minimum absolute atomic E-state index is 0.231. The lowest BCUT2D eigenvalue weighted by atomic mass is 10.2. The Kier molecular flexibility index (Phi) is 4.06. The second-order valence-electron chi connectivity index (χ2n) is 3.35.